The van der Waals surface area contributed by atoms with Gasteiger partial charge in [0.05, 0.1) is 0 Å². The maximum absolute atomic E-state index is 11.8. The summed E-state index contributed by atoms with van der Waals surface area (Å²) in [6.45, 7) is 7.92. The van der Waals surface area contributed by atoms with Crippen molar-refractivity contribution in [2.24, 2.45) is 0 Å². The first-order chi connectivity index (χ1) is 9.02. The van der Waals surface area contributed by atoms with Crippen LogP contribution in [0.4, 0.5) is 5.69 Å². The summed E-state index contributed by atoms with van der Waals surface area (Å²) in [5.74, 6) is -0.149. The third-order valence-electron chi connectivity index (χ3n) is 2.71. The number of aryl methyl sites for hydroxylation is 1. The molecule has 0 atom stereocenters. The van der Waals surface area contributed by atoms with Crippen molar-refractivity contribution in [2.75, 3.05) is 18.4 Å². The molecule has 1 aromatic carbocycles. The van der Waals surface area contributed by atoms with Gasteiger partial charge in [-0.15, -0.1) is 6.58 Å². The van der Waals surface area contributed by atoms with Crippen LogP contribution in [0.5, 0.6) is 0 Å². The van der Waals surface area contributed by atoms with Crippen molar-refractivity contribution >= 4 is 17.5 Å². The molecular weight excluding hydrogens is 240 g/mol. The molecule has 0 aromatic heterocycles. The predicted octanol–water partition coefficient (Wildman–Crippen LogP) is 2.36. The van der Waals surface area contributed by atoms with Crippen molar-refractivity contribution in [3.63, 3.8) is 0 Å². The zero-order valence-corrected chi connectivity index (χ0v) is 11.5. The summed E-state index contributed by atoms with van der Waals surface area (Å²) in [6, 6.07) is 7.61. The summed E-state index contributed by atoms with van der Waals surface area (Å²) in [4.78, 5) is 24.7. The highest BCUT2D eigenvalue weighted by Gasteiger charge is 2.09. The Bertz CT molecular complexity index is 469. The quantitative estimate of drug-likeness (QED) is 0.798. The van der Waals surface area contributed by atoms with Gasteiger partial charge in [0.1, 0.15) is 0 Å². The van der Waals surface area contributed by atoms with E-state index in [1.807, 2.05) is 31.2 Å². The van der Waals surface area contributed by atoms with Gasteiger partial charge in [-0.2, -0.15) is 0 Å². The van der Waals surface area contributed by atoms with E-state index in [0.29, 0.717) is 13.1 Å². The van der Waals surface area contributed by atoms with Crippen LogP contribution in [0.25, 0.3) is 0 Å². The molecule has 0 fully saturated rings. The summed E-state index contributed by atoms with van der Waals surface area (Å²) in [6.07, 6.45) is 1.93. The van der Waals surface area contributed by atoms with Gasteiger partial charge in [0.15, 0.2) is 0 Å². The molecule has 0 spiro atoms. The fraction of sp³-hybridized carbons (Fsp3) is 0.333. The average molecular weight is 260 g/mol. The highest BCUT2D eigenvalue weighted by Crippen LogP contribution is 2.09. The third-order valence-corrected chi connectivity index (χ3v) is 2.71. The molecule has 0 heterocycles. The van der Waals surface area contributed by atoms with E-state index >= 15 is 0 Å². The Hall–Kier alpha value is -2.10. The molecule has 0 bridgehead atoms. The van der Waals surface area contributed by atoms with Crippen LogP contribution in [0.1, 0.15) is 18.9 Å². The molecule has 0 aliphatic carbocycles. The van der Waals surface area contributed by atoms with E-state index in [4.69, 9.17) is 0 Å². The highest BCUT2D eigenvalue weighted by atomic mass is 16.2. The number of nitrogens with zero attached hydrogens (tertiary/aromatic N) is 1. The number of anilines is 1. The van der Waals surface area contributed by atoms with Gasteiger partial charge < -0.3 is 10.2 Å². The van der Waals surface area contributed by atoms with Crippen molar-refractivity contribution in [2.45, 2.75) is 20.3 Å². The average Bonchev–Trinajstić information content (AvgIpc) is 2.34. The normalized spacial score (nSPS) is 9.79. The first-order valence-electron chi connectivity index (χ1n) is 6.26. The van der Waals surface area contributed by atoms with Gasteiger partial charge in [-0.25, -0.2) is 0 Å². The zero-order valence-electron chi connectivity index (χ0n) is 11.5. The van der Waals surface area contributed by atoms with E-state index < -0.39 is 0 Å². The number of benzene rings is 1. The van der Waals surface area contributed by atoms with Crippen LogP contribution in [0.15, 0.2) is 36.9 Å². The summed E-state index contributed by atoms with van der Waals surface area (Å²) in [5.41, 5.74) is 1.87. The number of nitrogens with one attached hydrogen (secondary N) is 1. The molecule has 1 rings (SSSR count). The van der Waals surface area contributed by atoms with Gasteiger partial charge in [0.2, 0.25) is 11.8 Å². The van der Waals surface area contributed by atoms with Gasteiger partial charge in [0, 0.05) is 32.1 Å². The molecule has 4 nitrogen and oxygen atoms in total. The van der Waals surface area contributed by atoms with Gasteiger partial charge in [-0.1, -0.05) is 18.2 Å². The number of rotatable bonds is 6. The Labute approximate surface area is 114 Å². The van der Waals surface area contributed by atoms with E-state index in [1.165, 1.54) is 6.92 Å². The largest absolute Gasteiger partial charge is 0.339 e. The van der Waals surface area contributed by atoms with E-state index in [-0.39, 0.29) is 18.2 Å². The molecule has 0 radical (unpaired) electrons. The van der Waals surface area contributed by atoms with Gasteiger partial charge in [-0.05, 0) is 24.6 Å². The molecule has 102 valence electrons. The number of amides is 2. The monoisotopic (exact) mass is 260 g/mol. The van der Waals surface area contributed by atoms with Crippen LogP contribution in [-0.4, -0.2) is 29.8 Å². The van der Waals surface area contributed by atoms with Crippen molar-refractivity contribution in [3.8, 4) is 0 Å². The van der Waals surface area contributed by atoms with Crippen molar-refractivity contribution in [3.05, 3.63) is 42.5 Å². The minimum Gasteiger partial charge on any atom is -0.339 e. The zero-order chi connectivity index (χ0) is 14.3. The van der Waals surface area contributed by atoms with Gasteiger partial charge >= 0.3 is 0 Å². The molecule has 2 amide bonds. The summed E-state index contributed by atoms with van der Waals surface area (Å²) >= 11 is 0. The van der Waals surface area contributed by atoms with E-state index in [1.54, 1.807) is 11.0 Å². The minimum atomic E-state index is -0.0964. The SMILES string of the molecule is C=CCN(CCC(=O)Nc1cccc(C)c1)C(C)=O. The van der Waals surface area contributed by atoms with Crippen LogP contribution in [0.2, 0.25) is 0 Å². The standard InChI is InChI=1S/C15H20N2O2/c1-4-9-17(13(3)18)10-8-15(19)16-14-7-5-6-12(2)11-14/h4-7,11H,1,8-10H2,2-3H3,(H,16,19). The van der Waals surface area contributed by atoms with E-state index in [9.17, 15) is 9.59 Å². The molecule has 0 aliphatic heterocycles. The molecule has 0 unspecified atom stereocenters. The van der Waals surface area contributed by atoms with Crippen LogP contribution in [-0.2, 0) is 9.59 Å². The summed E-state index contributed by atoms with van der Waals surface area (Å²) < 4.78 is 0. The lowest BCUT2D eigenvalue weighted by Gasteiger charge is -2.18. The molecule has 0 aliphatic rings. The van der Waals surface area contributed by atoms with Gasteiger partial charge in [0.25, 0.3) is 0 Å². The minimum absolute atomic E-state index is 0.0525. The number of hydrogen-bond donors (Lipinski definition) is 1. The molecule has 1 N–H and O–H groups in total. The number of carbonyl (C=O) groups excluding carboxylic acids is 2. The van der Waals surface area contributed by atoms with Crippen molar-refractivity contribution in [1.29, 1.82) is 0 Å². The first-order valence-corrected chi connectivity index (χ1v) is 6.26. The van der Waals surface area contributed by atoms with E-state index in [0.717, 1.165) is 11.3 Å². The Kier molecular flexibility index (Phi) is 5.79. The molecule has 0 saturated carbocycles. The summed E-state index contributed by atoms with van der Waals surface area (Å²) in [7, 11) is 0. The van der Waals surface area contributed by atoms with Crippen molar-refractivity contribution in [1.82, 2.24) is 4.90 Å². The smallest absolute Gasteiger partial charge is 0.226 e. The topological polar surface area (TPSA) is 49.4 Å². The van der Waals surface area contributed by atoms with Crippen LogP contribution in [0.3, 0.4) is 0 Å². The number of hydrogen-bond acceptors (Lipinski definition) is 2. The second-order valence-corrected chi connectivity index (χ2v) is 4.42. The third kappa shape index (κ3) is 5.38. The lowest BCUT2D eigenvalue weighted by molar-refractivity contribution is -0.128. The second kappa shape index (κ2) is 7.36. The second-order valence-electron chi connectivity index (χ2n) is 4.42. The highest BCUT2D eigenvalue weighted by molar-refractivity contribution is 5.91. The number of carbonyl (C=O) groups is 2. The Balaban J connectivity index is 2.47. The lowest BCUT2D eigenvalue weighted by Crippen LogP contribution is -2.32. The summed E-state index contributed by atoms with van der Waals surface area (Å²) in [5, 5.41) is 2.82. The Morgan fingerprint density at radius 2 is 2.16 bits per heavy atom. The molecule has 0 saturated heterocycles. The van der Waals surface area contributed by atoms with E-state index in [2.05, 4.69) is 11.9 Å². The Morgan fingerprint density at radius 1 is 1.42 bits per heavy atom. The fourth-order valence-corrected chi connectivity index (χ4v) is 1.72. The fourth-order valence-electron chi connectivity index (χ4n) is 1.72. The Morgan fingerprint density at radius 3 is 2.74 bits per heavy atom. The van der Waals surface area contributed by atoms with Crippen LogP contribution >= 0.6 is 0 Å². The maximum atomic E-state index is 11.8. The molecule has 19 heavy (non-hydrogen) atoms. The van der Waals surface area contributed by atoms with Crippen LogP contribution < -0.4 is 5.32 Å². The van der Waals surface area contributed by atoms with Gasteiger partial charge in [-0.3, -0.25) is 9.59 Å². The first kappa shape index (κ1) is 15.0. The maximum Gasteiger partial charge on any atom is 0.226 e. The van der Waals surface area contributed by atoms with Crippen molar-refractivity contribution < 1.29 is 9.59 Å². The van der Waals surface area contributed by atoms with Crippen LogP contribution in [0, 0.1) is 6.92 Å². The molecular formula is C15H20N2O2. The molecule has 4 heteroatoms. The predicted molar refractivity (Wildman–Crippen MR) is 76.9 cm³/mol. The lowest BCUT2D eigenvalue weighted by atomic mass is 10.2. The molecule has 1 aromatic rings.